The lowest BCUT2D eigenvalue weighted by Gasteiger charge is -2.27. The molecule has 1 unspecified atom stereocenters. The number of hydrogen-bond acceptors (Lipinski definition) is 2. The number of likely N-dealkylation sites (N-methyl/N-ethyl adjacent to an activating group) is 1. The van der Waals surface area contributed by atoms with Crippen molar-refractivity contribution in [3.8, 4) is 0 Å². The molecule has 0 saturated carbocycles. The number of fused-ring (bicyclic) bond motifs is 1. The Hall–Kier alpha value is -0.860. The fourth-order valence-electron chi connectivity index (χ4n) is 2.16. The Morgan fingerprint density at radius 3 is 3.14 bits per heavy atom. The molecule has 2 rings (SSSR count). The third-order valence-electron chi connectivity index (χ3n) is 2.82. The molecule has 1 aliphatic heterocycles. The van der Waals surface area contributed by atoms with Crippen LogP contribution in [0.4, 0.5) is 0 Å². The molecule has 2 nitrogen and oxygen atoms in total. The van der Waals surface area contributed by atoms with Crippen molar-refractivity contribution in [3.63, 3.8) is 0 Å². The molecule has 14 heavy (non-hydrogen) atoms. The van der Waals surface area contributed by atoms with Crippen LogP contribution in [-0.2, 0) is 11.2 Å². The SMILES string of the molecule is CNCC1OCCc2cccc(C)c21. The number of aryl methyl sites for hydroxylation is 1. The minimum absolute atomic E-state index is 0.241. The summed E-state index contributed by atoms with van der Waals surface area (Å²) in [6.45, 7) is 3.91. The highest BCUT2D eigenvalue weighted by Gasteiger charge is 2.21. The third-order valence-corrected chi connectivity index (χ3v) is 2.82. The van der Waals surface area contributed by atoms with Crippen LogP contribution in [0.2, 0.25) is 0 Å². The summed E-state index contributed by atoms with van der Waals surface area (Å²) in [6.07, 6.45) is 1.29. The van der Waals surface area contributed by atoms with Gasteiger partial charge in [-0.05, 0) is 37.1 Å². The molecule has 0 aliphatic carbocycles. The second kappa shape index (κ2) is 4.11. The van der Waals surface area contributed by atoms with Gasteiger partial charge in [-0.2, -0.15) is 0 Å². The van der Waals surface area contributed by atoms with Gasteiger partial charge in [0.05, 0.1) is 12.7 Å². The second-order valence-corrected chi connectivity index (χ2v) is 3.81. The van der Waals surface area contributed by atoms with Gasteiger partial charge in [0, 0.05) is 6.54 Å². The lowest BCUT2D eigenvalue weighted by molar-refractivity contribution is 0.0433. The van der Waals surface area contributed by atoms with Gasteiger partial charge in [-0.25, -0.2) is 0 Å². The minimum Gasteiger partial charge on any atom is -0.372 e. The van der Waals surface area contributed by atoms with E-state index in [-0.39, 0.29) is 6.10 Å². The van der Waals surface area contributed by atoms with Crippen molar-refractivity contribution in [3.05, 3.63) is 34.9 Å². The topological polar surface area (TPSA) is 21.3 Å². The Bertz CT molecular complexity index is 322. The Morgan fingerprint density at radius 2 is 2.36 bits per heavy atom. The zero-order chi connectivity index (χ0) is 9.97. The van der Waals surface area contributed by atoms with Crippen molar-refractivity contribution in [2.75, 3.05) is 20.2 Å². The van der Waals surface area contributed by atoms with E-state index in [1.807, 2.05) is 7.05 Å². The summed E-state index contributed by atoms with van der Waals surface area (Å²) in [5.41, 5.74) is 4.20. The van der Waals surface area contributed by atoms with Crippen LogP contribution in [0, 0.1) is 6.92 Å². The molecule has 1 aliphatic rings. The Kier molecular flexibility index (Phi) is 2.85. The minimum atomic E-state index is 0.241. The zero-order valence-corrected chi connectivity index (χ0v) is 8.84. The summed E-state index contributed by atoms with van der Waals surface area (Å²) in [5, 5.41) is 3.18. The summed E-state index contributed by atoms with van der Waals surface area (Å²) in [7, 11) is 1.97. The first-order chi connectivity index (χ1) is 6.83. The average Bonchev–Trinajstić information content (AvgIpc) is 2.19. The monoisotopic (exact) mass is 191 g/mol. The first-order valence-electron chi connectivity index (χ1n) is 5.17. The van der Waals surface area contributed by atoms with Crippen molar-refractivity contribution in [1.82, 2.24) is 5.32 Å². The highest BCUT2D eigenvalue weighted by Crippen LogP contribution is 2.29. The molecule has 0 radical (unpaired) electrons. The molecule has 0 bridgehead atoms. The van der Waals surface area contributed by atoms with Gasteiger partial charge in [0.25, 0.3) is 0 Å². The van der Waals surface area contributed by atoms with Crippen LogP contribution >= 0.6 is 0 Å². The summed E-state index contributed by atoms with van der Waals surface area (Å²) < 4.78 is 5.76. The molecule has 76 valence electrons. The Morgan fingerprint density at radius 1 is 1.50 bits per heavy atom. The molecular formula is C12H17NO. The van der Waals surface area contributed by atoms with Gasteiger partial charge < -0.3 is 10.1 Å². The highest BCUT2D eigenvalue weighted by atomic mass is 16.5. The third kappa shape index (κ3) is 1.68. The Balaban J connectivity index is 2.36. The van der Waals surface area contributed by atoms with Gasteiger partial charge >= 0.3 is 0 Å². The lowest BCUT2D eigenvalue weighted by atomic mass is 9.93. The molecule has 0 aromatic heterocycles. The first kappa shape index (κ1) is 9.69. The van der Waals surface area contributed by atoms with E-state index in [0.717, 1.165) is 19.6 Å². The molecule has 1 atom stereocenters. The van der Waals surface area contributed by atoms with Gasteiger partial charge in [0.2, 0.25) is 0 Å². The van der Waals surface area contributed by atoms with Crippen LogP contribution in [0.1, 0.15) is 22.8 Å². The van der Waals surface area contributed by atoms with Crippen LogP contribution in [0.5, 0.6) is 0 Å². The smallest absolute Gasteiger partial charge is 0.0954 e. The van der Waals surface area contributed by atoms with E-state index in [4.69, 9.17) is 4.74 Å². The maximum Gasteiger partial charge on any atom is 0.0954 e. The van der Waals surface area contributed by atoms with E-state index < -0.39 is 0 Å². The first-order valence-corrected chi connectivity index (χ1v) is 5.17. The number of rotatable bonds is 2. The van der Waals surface area contributed by atoms with E-state index in [0.29, 0.717) is 0 Å². The van der Waals surface area contributed by atoms with Gasteiger partial charge in [-0.1, -0.05) is 18.2 Å². The zero-order valence-electron chi connectivity index (χ0n) is 8.84. The van der Waals surface area contributed by atoms with E-state index in [1.54, 1.807) is 0 Å². The predicted molar refractivity (Wildman–Crippen MR) is 57.5 cm³/mol. The summed E-state index contributed by atoms with van der Waals surface area (Å²) in [5.74, 6) is 0. The van der Waals surface area contributed by atoms with Crippen molar-refractivity contribution in [2.24, 2.45) is 0 Å². The van der Waals surface area contributed by atoms with Crippen molar-refractivity contribution >= 4 is 0 Å². The molecule has 0 saturated heterocycles. The summed E-state index contributed by atoms with van der Waals surface area (Å²) >= 11 is 0. The molecular weight excluding hydrogens is 174 g/mol. The molecule has 1 aromatic carbocycles. The molecule has 0 amide bonds. The molecule has 1 aromatic rings. The van der Waals surface area contributed by atoms with Gasteiger partial charge in [-0.3, -0.25) is 0 Å². The number of benzene rings is 1. The maximum atomic E-state index is 5.76. The predicted octanol–water partition coefficient (Wildman–Crippen LogP) is 1.83. The van der Waals surface area contributed by atoms with E-state index in [2.05, 4.69) is 30.4 Å². The van der Waals surface area contributed by atoms with Gasteiger partial charge in [0.15, 0.2) is 0 Å². The number of hydrogen-bond donors (Lipinski definition) is 1. The van der Waals surface area contributed by atoms with Crippen molar-refractivity contribution < 1.29 is 4.74 Å². The van der Waals surface area contributed by atoms with Gasteiger partial charge in [-0.15, -0.1) is 0 Å². The standard InChI is InChI=1S/C12H17NO/c1-9-4-3-5-10-6-7-14-11(8-13-2)12(9)10/h3-5,11,13H,6-8H2,1-2H3. The van der Waals surface area contributed by atoms with E-state index in [9.17, 15) is 0 Å². The average molecular weight is 191 g/mol. The number of nitrogens with one attached hydrogen (secondary N) is 1. The van der Waals surface area contributed by atoms with Crippen LogP contribution < -0.4 is 5.32 Å². The molecule has 0 fully saturated rings. The van der Waals surface area contributed by atoms with Crippen LogP contribution in [0.3, 0.4) is 0 Å². The fourth-order valence-corrected chi connectivity index (χ4v) is 2.16. The fraction of sp³-hybridized carbons (Fsp3) is 0.500. The Labute approximate surface area is 85.3 Å². The largest absolute Gasteiger partial charge is 0.372 e. The van der Waals surface area contributed by atoms with E-state index >= 15 is 0 Å². The molecule has 1 heterocycles. The summed E-state index contributed by atoms with van der Waals surface area (Å²) in [4.78, 5) is 0. The lowest BCUT2D eigenvalue weighted by Crippen LogP contribution is -2.26. The van der Waals surface area contributed by atoms with Crippen molar-refractivity contribution in [2.45, 2.75) is 19.4 Å². The van der Waals surface area contributed by atoms with Crippen LogP contribution in [0.25, 0.3) is 0 Å². The number of ether oxygens (including phenoxy) is 1. The summed E-state index contributed by atoms with van der Waals surface area (Å²) in [6, 6.07) is 6.51. The molecule has 1 N–H and O–H groups in total. The second-order valence-electron chi connectivity index (χ2n) is 3.81. The van der Waals surface area contributed by atoms with Crippen molar-refractivity contribution in [1.29, 1.82) is 0 Å². The highest BCUT2D eigenvalue weighted by molar-refractivity contribution is 5.37. The normalized spacial score (nSPS) is 20.6. The molecule has 2 heteroatoms. The maximum absolute atomic E-state index is 5.76. The quantitative estimate of drug-likeness (QED) is 0.770. The van der Waals surface area contributed by atoms with Crippen LogP contribution in [-0.4, -0.2) is 20.2 Å². The van der Waals surface area contributed by atoms with Gasteiger partial charge in [0.1, 0.15) is 0 Å². The van der Waals surface area contributed by atoms with Crippen LogP contribution in [0.15, 0.2) is 18.2 Å². The van der Waals surface area contributed by atoms with E-state index in [1.165, 1.54) is 16.7 Å². The molecule has 0 spiro atoms.